The molecule has 0 radical (unpaired) electrons. The maximum atomic E-state index is 13.2. The first-order chi connectivity index (χ1) is 16.3. The van der Waals surface area contributed by atoms with Crippen LogP contribution in [0.15, 0.2) is 42.6 Å². The molecule has 0 bridgehead atoms. The zero-order chi connectivity index (χ0) is 24.5. The van der Waals surface area contributed by atoms with Crippen molar-refractivity contribution < 1.29 is 9.53 Å². The van der Waals surface area contributed by atoms with Gasteiger partial charge in [0.25, 0.3) is 0 Å². The van der Waals surface area contributed by atoms with Crippen molar-refractivity contribution >= 4 is 22.6 Å². The molecule has 34 heavy (non-hydrogen) atoms. The fourth-order valence-corrected chi connectivity index (χ4v) is 5.62. The Morgan fingerprint density at radius 1 is 1.06 bits per heavy atom. The molecular formula is C29H39N3O2. The van der Waals surface area contributed by atoms with Gasteiger partial charge in [0, 0.05) is 41.8 Å². The van der Waals surface area contributed by atoms with E-state index in [1.54, 1.807) is 7.11 Å². The number of fused-ring (bicyclic) bond motifs is 1. The maximum absolute atomic E-state index is 13.2. The summed E-state index contributed by atoms with van der Waals surface area (Å²) in [5.74, 6) is 1.53. The Kier molecular flexibility index (Phi) is 6.92. The lowest BCUT2D eigenvalue weighted by atomic mass is 9.78. The van der Waals surface area contributed by atoms with Crippen LogP contribution >= 0.6 is 0 Å². The molecular weight excluding hydrogens is 422 g/mol. The van der Waals surface area contributed by atoms with Crippen molar-refractivity contribution in [2.45, 2.75) is 70.6 Å². The highest BCUT2D eigenvalue weighted by molar-refractivity contribution is 5.92. The number of methoxy groups -OCH3 is 1. The molecule has 3 aromatic rings. The second-order valence-electron chi connectivity index (χ2n) is 10.5. The molecule has 0 saturated heterocycles. The quantitative estimate of drug-likeness (QED) is 0.395. The van der Waals surface area contributed by atoms with Crippen molar-refractivity contribution in [2.24, 2.45) is 7.05 Å². The molecule has 0 unspecified atom stereocenters. The number of hydrogen-bond acceptors (Lipinski definition) is 2. The molecule has 4 rings (SSSR count). The van der Waals surface area contributed by atoms with Crippen LogP contribution in [0, 0.1) is 0 Å². The minimum absolute atomic E-state index is 0.0678. The molecule has 0 atom stereocenters. The van der Waals surface area contributed by atoms with Gasteiger partial charge in [0.1, 0.15) is 5.75 Å². The molecule has 5 nitrogen and oxygen atoms in total. The monoisotopic (exact) mass is 461 g/mol. The summed E-state index contributed by atoms with van der Waals surface area (Å²) in [6, 6.07) is 12.5. The van der Waals surface area contributed by atoms with Gasteiger partial charge in [0.05, 0.1) is 7.11 Å². The van der Waals surface area contributed by atoms with Crippen LogP contribution in [0.1, 0.15) is 81.9 Å². The molecule has 1 fully saturated rings. The number of nitrogens with one attached hydrogen (secondary N) is 2. The van der Waals surface area contributed by atoms with E-state index in [0.717, 1.165) is 24.3 Å². The molecule has 1 heterocycles. The zero-order valence-electron chi connectivity index (χ0n) is 21.5. The van der Waals surface area contributed by atoms with Gasteiger partial charge < -0.3 is 19.9 Å². The third-order valence-corrected chi connectivity index (χ3v) is 7.53. The van der Waals surface area contributed by atoms with Crippen molar-refractivity contribution in [2.75, 3.05) is 19.0 Å². The van der Waals surface area contributed by atoms with Crippen LogP contribution in [0.3, 0.4) is 0 Å². The van der Waals surface area contributed by atoms with Crippen LogP contribution in [0.4, 0.5) is 10.5 Å². The average Bonchev–Trinajstić information content (AvgIpc) is 3.42. The van der Waals surface area contributed by atoms with Gasteiger partial charge in [0.2, 0.25) is 0 Å². The summed E-state index contributed by atoms with van der Waals surface area (Å²) in [6.07, 6.45) is 6.75. The van der Waals surface area contributed by atoms with Crippen molar-refractivity contribution in [3.8, 4) is 5.75 Å². The average molecular weight is 462 g/mol. The van der Waals surface area contributed by atoms with Crippen molar-refractivity contribution in [3.63, 3.8) is 0 Å². The summed E-state index contributed by atoms with van der Waals surface area (Å²) in [7, 11) is 3.80. The number of amides is 2. The second kappa shape index (κ2) is 9.73. The molecule has 1 aromatic heterocycles. The fraction of sp³-hybridized carbons (Fsp3) is 0.483. The molecule has 2 amide bonds. The van der Waals surface area contributed by atoms with Gasteiger partial charge >= 0.3 is 6.03 Å². The van der Waals surface area contributed by atoms with Gasteiger partial charge in [-0.25, -0.2) is 4.79 Å². The summed E-state index contributed by atoms with van der Waals surface area (Å²) in [4.78, 5) is 13.2. The normalized spacial score (nSPS) is 15.3. The summed E-state index contributed by atoms with van der Waals surface area (Å²) < 4.78 is 7.71. The molecule has 182 valence electrons. The van der Waals surface area contributed by atoms with Crippen LogP contribution < -0.4 is 15.4 Å². The van der Waals surface area contributed by atoms with E-state index in [2.05, 4.69) is 86.5 Å². The Morgan fingerprint density at radius 2 is 1.71 bits per heavy atom. The van der Waals surface area contributed by atoms with Gasteiger partial charge in [-0.2, -0.15) is 0 Å². The van der Waals surface area contributed by atoms with Crippen LogP contribution in [0.25, 0.3) is 10.9 Å². The summed E-state index contributed by atoms with van der Waals surface area (Å²) in [5.41, 5.74) is 5.75. The van der Waals surface area contributed by atoms with Crippen LogP contribution in [-0.4, -0.2) is 24.3 Å². The number of anilines is 1. The predicted molar refractivity (Wildman–Crippen MR) is 141 cm³/mol. The van der Waals surface area contributed by atoms with Crippen LogP contribution in [0.5, 0.6) is 5.75 Å². The number of aryl methyl sites for hydroxylation is 1. The highest BCUT2D eigenvalue weighted by Crippen LogP contribution is 2.44. The lowest BCUT2D eigenvalue weighted by molar-refractivity contribution is 0.248. The second-order valence-corrected chi connectivity index (χ2v) is 10.5. The molecule has 5 heteroatoms. The van der Waals surface area contributed by atoms with E-state index in [1.165, 1.54) is 40.4 Å². The molecule has 1 saturated carbocycles. The molecule has 1 aliphatic carbocycles. The van der Waals surface area contributed by atoms with E-state index in [-0.39, 0.29) is 11.4 Å². The van der Waals surface area contributed by atoms with E-state index < -0.39 is 0 Å². The van der Waals surface area contributed by atoms with E-state index in [4.69, 9.17) is 4.74 Å². The van der Waals surface area contributed by atoms with E-state index in [1.807, 2.05) is 6.07 Å². The minimum atomic E-state index is -0.126. The van der Waals surface area contributed by atoms with Crippen LogP contribution in [0.2, 0.25) is 0 Å². The number of aromatic nitrogens is 1. The highest BCUT2D eigenvalue weighted by Gasteiger charge is 2.38. The number of carbonyl (C=O) groups is 1. The first-order valence-corrected chi connectivity index (χ1v) is 12.6. The molecule has 2 aromatic carbocycles. The van der Waals surface area contributed by atoms with Gasteiger partial charge in [-0.3, -0.25) is 0 Å². The SMILES string of the molecule is COc1ccc2c(c1)c(C1(CNC(=O)Nc3c(C(C)C)cccc3C(C)C)CCCC1)cn2C. The standard InChI is InChI=1S/C29H39N3O2/c1-19(2)22-10-9-11-23(20(3)4)27(22)31-28(33)30-18-29(14-7-8-15-29)25-17-32(5)26-13-12-21(34-6)16-24(25)26/h9-13,16-17,19-20H,7-8,14-15,18H2,1-6H3,(H2,30,31,33). The Bertz CT molecular complexity index is 1140. The number of para-hydroxylation sites is 1. The first-order valence-electron chi connectivity index (χ1n) is 12.6. The van der Waals surface area contributed by atoms with Gasteiger partial charge in [-0.15, -0.1) is 0 Å². The molecule has 0 spiro atoms. The predicted octanol–water partition coefficient (Wildman–Crippen LogP) is 7.07. The Labute approximate surface area is 203 Å². The smallest absolute Gasteiger partial charge is 0.319 e. The van der Waals surface area contributed by atoms with Crippen LogP contribution in [-0.2, 0) is 12.5 Å². The van der Waals surface area contributed by atoms with E-state index in [9.17, 15) is 4.79 Å². The lowest BCUT2D eigenvalue weighted by Crippen LogP contribution is -2.41. The number of ether oxygens (including phenoxy) is 1. The number of hydrogen-bond donors (Lipinski definition) is 2. The van der Waals surface area contributed by atoms with Gasteiger partial charge in [-0.05, 0) is 59.6 Å². The number of urea groups is 1. The number of nitrogens with zero attached hydrogens (tertiary/aromatic N) is 1. The number of benzene rings is 2. The Morgan fingerprint density at radius 3 is 2.29 bits per heavy atom. The Hall–Kier alpha value is -2.95. The maximum Gasteiger partial charge on any atom is 0.319 e. The zero-order valence-corrected chi connectivity index (χ0v) is 21.5. The summed E-state index contributed by atoms with van der Waals surface area (Å²) in [6.45, 7) is 9.31. The molecule has 1 aliphatic rings. The summed E-state index contributed by atoms with van der Waals surface area (Å²) in [5, 5.41) is 7.70. The molecule has 2 N–H and O–H groups in total. The lowest BCUT2D eigenvalue weighted by Gasteiger charge is -2.30. The van der Waals surface area contributed by atoms with Crippen molar-refractivity contribution in [1.29, 1.82) is 0 Å². The van der Waals surface area contributed by atoms with Gasteiger partial charge in [0.15, 0.2) is 0 Å². The third kappa shape index (κ3) is 4.53. The largest absolute Gasteiger partial charge is 0.497 e. The fourth-order valence-electron chi connectivity index (χ4n) is 5.62. The molecule has 0 aliphatic heterocycles. The number of carbonyl (C=O) groups excluding carboxylic acids is 1. The highest BCUT2D eigenvalue weighted by atomic mass is 16.5. The topological polar surface area (TPSA) is 55.3 Å². The summed E-state index contributed by atoms with van der Waals surface area (Å²) >= 11 is 0. The van der Waals surface area contributed by atoms with E-state index >= 15 is 0 Å². The van der Waals surface area contributed by atoms with Gasteiger partial charge in [-0.1, -0.05) is 58.7 Å². The first kappa shape index (κ1) is 24.2. The van der Waals surface area contributed by atoms with Crippen molar-refractivity contribution in [3.05, 3.63) is 59.3 Å². The minimum Gasteiger partial charge on any atom is -0.497 e. The Balaban J connectivity index is 1.61. The van der Waals surface area contributed by atoms with Crippen molar-refractivity contribution in [1.82, 2.24) is 9.88 Å². The number of rotatable bonds is 7. The third-order valence-electron chi connectivity index (χ3n) is 7.53. The van der Waals surface area contributed by atoms with E-state index in [0.29, 0.717) is 18.4 Å².